The Morgan fingerprint density at radius 3 is 2.70 bits per heavy atom. The number of carbonyl (C=O) groups is 2. The van der Waals surface area contributed by atoms with Crippen molar-refractivity contribution in [2.45, 2.75) is 90.8 Å². The number of amides is 2. The molecular formula is C33H45ClN6O2S. The summed E-state index contributed by atoms with van der Waals surface area (Å²) in [6.45, 7) is 9.11. The lowest BCUT2D eigenvalue weighted by Gasteiger charge is -2.41. The van der Waals surface area contributed by atoms with E-state index in [9.17, 15) is 9.59 Å². The Labute approximate surface area is 264 Å². The maximum absolute atomic E-state index is 12.4. The number of aromatic nitrogens is 1. The number of likely N-dealkylation sites (tertiary alicyclic amines) is 1. The zero-order chi connectivity index (χ0) is 30.9. The van der Waals surface area contributed by atoms with Crippen LogP contribution in [0.25, 0.3) is 10.4 Å². The molecule has 0 bridgehead atoms. The molecule has 1 aliphatic heterocycles. The van der Waals surface area contributed by atoms with Crippen LogP contribution < -0.4 is 16.9 Å². The fourth-order valence-electron chi connectivity index (χ4n) is 6.38. The summed E-state index contributed by atoms with van der Waals surface area (Å²) in [5.74, 6) is 7.53. The predicted molar refractivity (Wildman–Crippen MR) is 174 cm³/mol. The van der Waals surface area contributed by atoms with Crippen molar-refractivity contribution in [3.8, 4) is 10.4 Å². The van der Waals surface area contributed by atoms with Gasteiger partial charge in [-0.25, -0.2) is 10.8 Å². The number of carbonyl (C=O) groups excluding carboxylic acids is 2. The Kier molecular flexibility index (Phi) is 9.54. The van der Waals surface area contributed by atoms with Crippen molar-refractivity contribution >= 4 is 35.3 Å². The molecule has 2 heterocycles. The van der Waals surface area contributed by atoms with Gasteiger partial charge < -0.3 is 21.0 Å². The molecule has 3 fully saturated rings. The number of nitrogens with zero attached hydrogens (tertiary/aromatic N) is 3. The first-order chi connectivity index (χ1) is 20.5. The second kappa shape index (κ2) is 13.0. The number of nitrogens with one attached hydrogen (secondary N) is 1. The first-order valence-corrected chi connectivity index (χ1v) is 16.7. The molecule has 1 aromatic heterocycles. The Balaban J connectivity index is 0.000000180. The smallest absolute Gasteiger partial charge is 0.243 e. The van der Waals surface area contributed by atoms with Gasteiger partial charge in [0, 0.05) is 35.4 Å². The minimum absolute atomic E-state index is 0.129. The number of thiazole rings is 1. The quantitative estimate of drug-likeness (QED) is 0.135. The summed E-state index contributed by atoms with van der Waals surface area (Å²) in [6.07, 6.45) is 12.9. The lowest BCUT2D eigenvalue weighted by atomic mass is 9.73. The van der Waals surface area contributed by atoms with Crippen LogP contribution in [0.4, 0.5) is 0 Å². The molecule has 5 atom stereocenters. The number of hydrogen-bond acceptors (Lipinski definition) is 7. The van der Waals surface area contributed by atoms with Crippen LogP contribution in [0.5, 0.6) is 0 Å². The highest BCUT2D eigenvalue weighted by Gasteiger charge is 2.44. The van der Waals surface area contributed by atoms with Gasteiger partial charge in [-0.1, -0.05) is 42.3 Å². The average Bonchev–Trinajstić information content (AvgIpc) is 3.88. The summed E-state index contributed by atoms with van der Waals surface area (Å²) >= 11 is 8.04. The van der Waals surface area contributed by atoms with Gasteiger partial charge in [0.2, 0.25) is 12.3 Å². The average molecular weight is 625 g/mol. The standard InChI is InChI=1S/C18H20ClN3O2S.C15H25N3/c1-11(21-18(24)16-4-3-7-22(16)10-23)14-6-5-13(8-15(14)19)17-12(2)20-9-25-17;1-10(18(17)9-14(16)11-3-4-11)15(2)6-5-12-7-13(12)8-15/h5-6,8-11,16H,3-4,7H2,1-2H3,(H,21,24);5,9-11,13H,3-4,6-8,16-17H2,1-2H3/b;14-9-. The zero-order valence-electron chi connectivity index (χ0n) is 25.7. The van der Waals surface area contributed by atoms with E-state index in [4.69, 9.17) is 23.2 Å². The molecule has 232 valence electrons. The SMILES string of the molecule is CC(N(N)/C=C(\N)C1CC1)C1(C)CC=C2CC2C1.Cc1ncsc1-c1ccc(C(C)NC(=O)C2CCCN2C=O)c(Cl)c1. The van der Waals surface area contributed by atoms with Gasteiger partial charge in [-0.15, -0.1) is 11.3 Å². The van der Waals surface area contributed by atoms with E-state index in [1.54, 1.807) is 21.8 Å². The summed E-state index contributed by atoms with van der Waals surface area (Å²) in [6, 6.07) is 5.58. The highest BCUT2D eigenvalue weighted by molar-refractivity contribution is 7.13. The number of nitrogens with two attached hydrogens (primary N) is 2. The van der Waals surface area contributed by atoms with Crippen molar-refractivity contribution in [1.29, 1.82) is 0 Å². The van der Waals surface area contributed by atoms with Gasteiger partial charge in [-0.05, 0) is 94.2 Å². The van der Waals surface area contributed by atoms with Crippen molar-refractivity contribution in [3.05, 3.63) is 63.5 Å². The number of fused-ring (bicyclic) bond motifs is 1. The van der Waals surface area contributed by atoms with Crippen LogP contribution in [-0.4, -0.2) is 45.8 Å². The van der Waals surface area contributed by atoms with E-state index in [1.165, 1.54) is 25.7 Å². The van der Waals surface area contributed by atoms with Crippen LogP contribution in [0.3, 0.4) is 0 Å². The van der Waals surface area contributed by atoms with Crippen LogP contribution >= 0.6 is 22.9 Å². The van der Waals surface area contributed by atoms with Gasteiger partial charge in [0.1, 0.15) is 6.04 Å². The van der Waals surface area contributed by atoms with E-state index < -0.39 is 0 Å². The molecule has 0 radical (unpaired) electrons. The topological polar surface area (TPSA) is 118 Å². The molecule has 0 spiro atoms. The van der Waals surface area contributed by atoms with E-state index in [0.717, 1.165) is 52.6 Å². The number of aryl methyl sites for hydroxylation is 1. The van der Waals surface area contributed by atoms with Gasteiger partial charge in [0.25, 0.3) is 0 Å². The third kappa shape index (κ3) is 7.27. The maximum Gasteiger partial charge on any atom is 0.243 e. The van der Waals surface area contributed by atoms with Gasteiger partial charge in [0.15, 0.2) is 0 Å². The predicted octanol–water partition coefficient (Wildman–Crippen LogP) is 6.08. The van der Waals surface area contributed by atoms with Crippen molar-refractivity contribution in [1.82, 2.24) is 20.2 Å². The molecule has 6 rings (SSSR count). The molecule has 2 saturated carbocycles. The largest absolute Gasteiger partial charge is 0.401 e. The third-order valence-corrected chi connectivity index (χ3v) is 11.1. The van der Waals surface area contributed by atoms with Gasteiger partial charge in [-0.2, -0.15) is 0 Å². The molecule has 2 amide bonds. The van der Waals surface area contributed by atoms with Gasteiger partial charge in [0.05, 0.1) is 22.1 Å². The molecule has 1 aromatic carbocycles. The Bertz CT molecular complexity index is 1400. The number of allylic oxidation sites excluding steroid dienone is 3. The van der Waals surface area contributed by atoms with Crippen LogP contribution in [-0.2, 0) is 9.59 Å². The number of rotatable bonds is 9. The molecule has 10 heteroatoms. The lowest BCUT2D eigenvalue weighted by molar-refractivity contribution is -0.131. The normalized spacial score (nSPS) is 26.0. The van der Waals surface area contributed by atoms with Gasteiger partial charge in [-0.3, -0.25) is 9.59 Å². The van der Waals surface area contributed by atoms with Crippen LogP contribution in [0.2, 0.25) is 5.02 Å². The van der Waals surface area contributed by atoms with Crippen LogP contribution in [0.15, 0.2) is 47.3 Å². The number of halogens is 1. The fourth-order valence-corrected chi connectivity index (χ4v) is 7.53. The van der Waals surface area contributed by atoms with Crippen molar-refractivity contribution in [2.24, 2.45) is 28.8 Å². The van der Waals surface area contributed by atoms with Crippen molar-refractivity contribution in [3.63, 3.8) is 0 Å². The summed E-state index contributed by atoms with van der Waals surface area (Å²) < 4.78 is 0. The molecule has 5 N–H and O–H groups in total. The minimum Gasteiger partial charge on any atom is -0.401 e. The minimum atomic E-state index is -0.377. The van der Waals surface area contributed by atoms with Crippen LogP contribution in [0, 0.1) is 24.2 Å². The van der Waals surface area contributed by atoms with E-state index in [0.29, 0.717) is 35.4 Å². The first-order valence-electron chi connectivity index (χ1n) is 15.4. The zero-order valence-corrected chi connectivity index (χ0v) is 27.3. The molecule has 5 unspecified atom stereocenters. The van der Waals surface area contributed by atoms with Crippen LogP contribution in [0.1, 0.15) is 83.0 Å². The number of hydrazine groups is 1. The molecule has 2 aromatic rings. The van der Waals surface area contributed by atoms with E-state index in [-0.39, 0.29) is 18.0 Å². The molecule has 43 heavy (non-hydrogen) atoms. The fraction of sp³-hybridized carbons (Fsp3) is 0.545. The maximum atomic E-state index is 12.4. The number of hydrogen-bond donors (Lipinski definition) is 3. The monoisotopic (exact) mass is 624 g/mol. The first kappa shape index (κ1) is 31.5. The Hall–Kier alpha value is -2.88. The molecule has 8 nitrogen and oxygen atoms in total. The molecule has 3 aliphatic carbocycles. The highest BCUT2D eigenvalue weighted by atomic mass is 35.5. The molecular weight excluding hydrogens is 580 g/mol. The highest BCUT2D eigenvalue weighted by Crippen LogP contribution is 2.53. The summed E-state index contributed by atoms with van der Waals surface area (Å²) in [4.78, 5) is 30.4. The van der Waals surface area contributed by atoms with E-state index in [1.807, 2.05) is 48.8 Å². The Morgan fingerprint density at radius 2 is 2.07 bits per heavy atom. The van der Waals surface area contributed by atoms with Crippen molar-refractivity contribution < 1.29 is 9.59 Å². The lowest BCUT2D eigenvalue weighted by Crippen LogP contribution is -2.46. The van der Waals surface area contributed by atoms with Crippen molar-refractivity contribution in [2.75, 3.05) is 6.54 Å². The summed E-state index contributed by atoms with van der Waals surface area (Å²) in [5.41, 5.74) is 13.7. The Morgan fingerprint density at radius 1 is 1.30 bits per heavy atom. The second-order valence-corrected chi connectivity index (χ2v) is 14.3. The summed E-state index contributed by atoms with van der Waals surface area (Å²) in [5, 5.41) is 5.44. The summed E-state index contributed by atoms with van der Waals surface area (Å²) in [7, 11) is 0. The third-order valence-electron chi connectivity index (χ3n) is 9.76. The molecule has 4 aliphatic rings. The number of benzene rings is 1. The van der Waals surface area contributed by atoms with E-state index >= 15 is 0 Å². The van der Waals surface area contributed by atoms with Gasteiger partial charge >= 0.3 is 0 Å². The van der Waals surface area contributed by atoms with E-state index in [2.05, 4.69) is 30.2 Å². The molecule has 1 saturated heterocycles. The second-order valence-electron chi connectivity index (χ2n) is 13.0.